The smallest absolute Gasteiger partial charge is 0.410 e. The van der Waals surface area contributed by atoms with Crippen LogP contribution in [0.25, 0.3) is 0 Å². The van der Waals surface area contributed by atoms with Crippen molar-refractivity contribution in [2.75, 3.05) is 19.6 Å². The fourth-order valence-corrected chi connectivity index (χ4v) is 1.82. The summed E-state index contributed by atoms with van der Waals surface area (Å²) < 4.78 is 5.36. The van der Waals surface area contributed by atoms with Crippen molar-refractivity contribution in [3.63, 3.8) is 0 Å². The van der Waals surface area contributed by atoms with E-state index in [0.29, 0.717) is 19.1 Å². The first kappa shape index (κ1) is 19.9. The lowest BCUT2D eigenvalue weighted by molar-refractivity contribution is 0.0163. The van der Waals surface area contributed by atoms with Crippen LogP contribution in [0, 0.1) is 0 Å². The Morgan fingerprint density at radius 1 is 1.43 bits per heavy atom. The molecule has 0 aromatic rings. The first-order chi connectivity index (χ1) is 9.65. The lowest BCUT2D eigenvalue weighted by Gasteiger charge is -2.28. The highest BCUT2D eigenvalue weighted by molar-refractivity contribution is 5.68. The zero-order valence-corrected chi connectivity index (χ0v) is 14.2. The van der Waals surface area contributed by atoms with Crippen molar-refractivity contribution in [2.24, 2.45) is 0 Å². The van der Waals surface area contributed by atoms with E-state index in [1.54, 1.807) is 11.8 Å². The van der Waals surface area contributed by atoms with Crippen LogP contribution in [0.5, 0.6) is 0 Å². The minimum Gasteiger partial charge on any atom is -0.444 e. The number of nitrogens with one attached hydrogen (secondary N) is 1. The largest absolute Gasteiger partial charge is 0.444 e. The molecule has 2 N–H and O–H groups in total. The van der Waals surface area contributed by atoms with Gasteiger partial charge in [0, 0.05) is 25.7 Å². The molecule has 0 bridgehead atoms. The van der Waals surface area contributed by atoms with E-state index in [-0.39, 0.29) is 12.6 Å². The minimum atomic E-state index is -0.573. The number of hydrogen-bond donors (Lipinski definition) is 2. The lowest BCUT2D eigenvalue weighted by Crippen LogP contribution is -2.44. The molecule has 0 saturated heterocycles. The number of carbonyl (C=O) groups is 1. The summed E-state index contributed by atoms with van der Waals surface area (Å²) in [6, 6.07) is 0.370. The van der Waals surface area contributed by atoms with Gasteiger partial charge < -0.3 is 20.1 Å². The van der Waals surface area contributed by atoms with Crippen LogP contribution in [0.2, 0.25) is 0 Å². The second-order valence-corrected chi connectivity index (χ2v) is 6.50. The molecule has 21 heavy (non-hydrogen) atoms. The van der Waals surface area contributed by atoms with Gasteiger partial charge in [0.2, 0.25) is 0 Å². The average Bonchev–Trinajstić information content (AvgIpc) is 2.32. The number of carbonyl (C=O) groups excluding carboxylic acids is 1. The van der Waals surface area contributed by atoms with Crippen LogP contribution < -0.4 is 5.32 Å². The van der Waals surface area contributed by atoms with Gasteiger partial charge in [0.25, 0.3) is 0 Å². The predicted octanol–water partition coefficient (Wildman–Crippen LogP) is 2.55. The second-order valence-electron chi connectivity index (χ2n) is 6.50. The van der Waals surface area contributed by atoms with Crippen LogP contribution >= 0.6 is 0 Å². The molecular weight excluding hydrogens is 268 g/mol. The molecule has 5 heteroatoms. The van der Waals surface area contributed by atoms with Crippen molar-refractivity contribution < 1.29 is 14.6 Å². The summed E-state index contributed by atoms with van der Waals surface area (Å²) >= 11 is 0. The molecule has 0 spiro atoms. The zero-order valence-electron chi connectivity index (χ0n) is 14.2. The summed E-state index contributed by atoms with van der Waals surface area (Å²) in [4.78, 5) is 13.6. The summed E-state index contributed by atoms with van der Waals surface area (Å²) in [6.07, 6.45) is 2.93. The Kier molecular flexibility index (Phi) is 9.29. The van der Waals surface area contributed by atoms with Crippen LogP contribution in [0.15, 0.2) is 12.7 Å². The van der Waals surface area contributed by atoms with Gasteiger partial charge in [0.05, 0.1) is 6.10 Å². The molecule has 0 saturated carbocycles. The molecule has 0 rings (SSSR count). The van der Waals surface area contributed by atoms with Crippen LogP contribution in [0.3, 0.4) is 0 Å². The first-order valence-electron chi connectivity index (χ1n) is 7.66. The number of ether oxygens (including phenoxy) is 1. The molecule has 0 aliphatic carbocycles. The van der Waals surface area contributed by atoms with Crippen molar-refractivity contribution in [2.45, 2.75) is 65.2 Å². The number of amides is 1. The molecule has 124 valence electrons. The van der Waals surface area contributed by atoms with Gasteiger partial charge in [-0.25, -0.2) is 4.79 Å². The third-order valence-corrected chi connectivity index (χ3v) is 2.81. The number of allylic oxidation sites excluding steroid dienone is 1. The van der Waals surface area contributed by atoms with Crippen molar-refractivity contribution in [1.82, 2.24) is 10.2 Å². The number of nitrogens with zero attached hydrogens (tertiary/aromatic N) is 1. The Bertz CT molecular complexity index is 311. The van der Waals surface area contributed by atoms with Gasteiger partial charge in [0.15, 0.2) is 0 Å². The number of hydrogen-bond acceptors (Lipinski definition) is 4. The van der Waals surface area contributed by atoms with Gasteiger partial charge in [-0.05, 0) is 47.5 Å². The third kappa shape index (κ3) is 11.3. The Balaban J connectivity index is 4.30. The fourth-order valence-electron chi connectivity index (χ4n) is 1.82. The van der Waals surface area contributed by atoms with Gasteiger partial charge in [-0.15, -0.1) is 6.58 Å². The Morgan fingerprint density at radius 3 is 2.52 bits per heavy atom. The van der Waals surface area contributed by atoms with Crippen LogP contribution in [0.1, 0.15) is 47.5 Å². The summed E-state index contributed by atoms with van der Waals surface area (Å²) in [5, 5.41) is 12.9. The number of aliphatic hydroxyl groups is 1. The summed E-state index contributed by atoms with van der Waals surface area (Å²) in [6.45, 7) is 14.4. The second kappa shape index (κ2) is 9.79. The van der Waals surface area contributed by atoms with E-state index in [1.807, 2.05) is 26.8 Å². The lowest BCUT2D eigenvalue weighted by atomic mass is 10.2. The van der Waals surface area contributed by atoms with Crippen LogP contribution in [-0.2, 0) is 4.74 Å². The third-order valence-electron chi connectivity index (χ3n) is 2.81. The number of rotatable bonds is 9. The molecule has 5 nitrogen and oxygen atoms in total. The molecular formula is C16H32N2O3. The summed E-state index contributed by atoms with van der Waals surface area (Å²) in [5.74, 6) is 0. The van der Waals surface area contributed by atoms with E-state index < -0.39 is 11.7 Å². The molecule has 1 amide bonds. The van der Waals surface area contributed by atoms with Gasteiger partial charge >= 0.3 is 6.09 Å². The van der Waals surface area contributed by atoms with Gasteiger partial charge in [-0.1, -0.05) is 6.08 Å². The van der Waals surface area contributed by atoms with Crippen LogP contribution in [-0.4, -0.2) is 53.5 Å². The highest BCUT2D eigenvalue weighted by Gasteiger charge is 2.22. The average molecular weight is 300 g/mol. The first-order valence-corrected chi connectivity index (χ1v) is 7.66. The van der Waals surface area contributed by atoms with Gasteiger partial charge in [0.1, 0.15) is 5.60 Å². The van der Waals surface area contributed by atoms with Crippen molar-refractivity contribution in [3.8, 4) is 0 Å². The molecule has 0 aliphatic rings. The van der Waals surface area contributed by atoms with Crippen LogP contribution in [0.4, 0.5) is 4.79 Å². The van der Waals surface area contributed by atoms with E-state index in [2.05, 4.69) is 18.8 Å². The monoisotopic (exact) mass is 300 g/mol. The van der Waals surface area contributed by atoms with E-state index >= 15 is 0 Å². The molecule has 0 aromatic carbocycles. The van der Waals surface area contributed by atoms with Crippen molar-refractivity contribution >= 4 is 6.09 Å². The molecule has 0 heterocycles. The zero-order chi connectivity index (χ0) is 16.5. The summed E-state index contributed by atoms with van der Waals surface area (Å²) in [5.41, 5.74) is -0.529. The van der Waals surface area contributed by atoms with E-state index in [1.165, 1.54) is 0 Å². The summed E-state index contributed by atoms with van der Waals surface area (Å²) in [7, 11) is 0. The maximum atomic E-state index is 12.1. The minimum absolute atomic E-state index is 0.275. The maximum Gasteiger partial charge on any atom is 0.410 e. The van der Waals surface area contributed by atoms with Gasteiger partial charge in [-0.2, -0.15) is 0 Å². The standard InChI is InChI=1S/C16H32N2O3/c1-7-8-9-13(2)17-10-11-18(12-14(3)19)15(20)21-16(4,5)6/h7,13-14,17,19H,1,8-12H2,2-6H3. The van der Waals surface area contributed by atoms with Gasteiger partial charge in [-0.3, -0.25) is 0 Å². The van der Waals surface area contributed by atoms with Crippen molar-refractivity contribution in [3.05, 3.63) is 12.7 Å². The normalized spacial score (nSPS) is 14.4. The molecule has 2 atom stereocenters. The molecule has 0 aromatic heterocycles. The van der Waals surface area contributed by atoms with Crippen molar-refractivity contribution in [1.29, 1.82) is 0 Å². The quantitative estimate of drug-likeness (QED) is 0.642. The fraction of sp³-hybridized carbons (Fsp3) is 0.812. The number of aliphatic hydroxyl groups excluding tert-OH is 1. The Labute approximate surface area is 129 Å². The Hall–Kier alpha value is -1.07. The molecule has 2 unspecified atom stereocenters. The molecule has 0 radical (unpaired) electrons. The highest BCUT2D eigenvalue weighted by Crippen LogP contribution is 2.10. The van der Waals surface area contributed by atoms with E-state index in [0.717, 1.165) is 12.8 Å². The predicted molar refractivity (Wildman–Crippen MR) is 86.4 cm³/mol. The van der Waals surface area contributed by atoms with E-state index in [4.69, 9.17) is 4.74 Å². The Morgan fingerprint density at radius 2 is 2.05 bits per heavy atom. The topological polar surface area (TPSA) is 61.8 Å². The maximum absolute atomic E-state index is 12.1. The SMILES string of the molecule is C=CCCC(C)NCCN(CC(C)O)C(=O)OC(C)(C)C. The molecule has 0 aliphatic heterocycles. The molecule has 0 fully saturated rings. The highest BCUT2D eigenvalue weighted by atomic mass is 16.6. The van der Waals surface area contributed by atoms with E-state index in [9.17, 15) is 9.90 Å².